The molecule has 0 unspecified atom stereocenters. The molecule has 0 amide bonds. The molecule has 16 heavy (non-hydrogen) atoms. The highest BCUT2D eigenvalue weighted by Crippen LogP contribution is 2.28. The fourth-order valence-electron chi connectivity index (χ4n) is 1.56. The monoisotopic (exact) mass is 220 g/mol. The maximum atomic E-state index is 8.39. The van der Waals surface area contributed by atoms with Crippen LogP contribution in [0.25, 0.3) is 21.5 Å². The molecule has 0 heterocycles. The van der Waals surface area contributed by atoms with Crippen molar-refractivity contribution < 1.29 is 19.2 Å². The third kappa shape index (κ3) is 1.30. The summed E-state index contributed by atoms with van der Waals surface area (Å²) in [5.41, 5.74) is -1.55. The molecule has 0 bridgehead atoms. The van der Waals surface area contributed by atoms with Gasteiger partial charge in [0.1, 0.15) is 0 Å². The fourth-order valence-corrected chi connectivity index (χ4v) is 1.56. The molecule has 3 aromatic rings. The summed E-state index contributed by atoms with van der Waals surface area (Å²) in [5, 5.41) is -1.95. The van der Waals surface area contributed by atoms with E-state index in [1.165, 1.54) is 0 Å². The Morgan fingerprint density at radius 1 is 0.875 bits per heavy atom. The normalized spacial score (nSPS) is 25.2. The van der Waals surface area contributed by atoms with E-state index in [2.05, 4.69) is 0 Å². The highest BCUT2D eigenvalue weighted by molar-refractivity contribution is 6.09. The minimum Gasteiger partial charge on any atom is -0.0616 e. The zero-order valence-electron chi connectivity index (χ0n) is 22.0. The van der Waals surface area contributed by atoms with E-state index in [1.54, 1.807) is 0 Å². The number of benzene rings is 3. The van der Waals surface area contributed by atoms with Crippen molar-refractivity contribution in [2.75, 3.05) is 0 Å². The van der Waals surface area contributed by atoms with Gasteiger partial charge in [-0.2, -0.15) is 0 Å². The van der Waals surface area contributed by atoms with Crippen molar-refractivity contribution in [1.82, 2.24) is 0 Å². The molecule has 0 saturated carbocycles. The fraction of sp³-hybridized carbons (Fsp3) is 0.125. The zero-order chi connectivity index (χ0) is 23.1. The standard InChI is InChI=1S/C16H14/c1-11-7-8-13-10-12(2)14-5-3-4-6-15(14)16(13)9-11/h3-10H,1-2H3/i1D3,2D3,3D,4D,5D,6D,7D,8D,9D,10D. The van der Waals surface area contributed by atoms with E-state index in [-0.39, 0.29) is 0 Å². The van der Waals surface area contributed by atoms with Gasteiger partial charge in [0.25, 0.3) is 0 Å². The summed E-state index contributed by atoms with van der Waals surface area (Å²) in [6, 6.07) is -6.21. The second kappa shape index (κ2) is 3.34. The van der Waals surface area contributed by atoms with Gasteiger partial charge in [-0.05, 0) is 40.8 Å². The van der Waals surface area contributed by atoms with E-state index in [1.807, 2.05) is 0 Å². The lowest BCUT2D eigenvalue weighted by atomic mass is 9.97. The molecule has 0 spiro atoms. The first-order valence-electron chi connectivity index (χ1n) is 11.5. The number of hydrogen-bond donors (Lipinski definition) is 0. The first kappa shape index (κ1) is 2.70. The molecule has 0 N–H and O–H groups in total. The molecular weight excluding hydrogens is 192 g/mol. The van der Waals surface area contributed by atoms with Crippen molar-refractivity contribution in [3.63, 3.8) is 0 Å². The van der Waals surface area contributed by atoms with Gasteiger partial charge >= 0.3 is 0 Å². The Morgan fingerprint density at radius 3 is 2.56 bits per heavy atom. The Morgan fingerprint density at radius 2 is 1.75 bits per heavy atom. The number of fused-ring (bicyclic) bond motifs is 3. The van der Waals surface area contributed by atoms with Gasteiger partial charge < -0.3 is 0 Å². The molecule has 78 valence electrons. The molecule has 0 aliphatic carbocycles. The Balaban J connectivity index is 2.91. The van der Waals surface area contributed by atoms with Crippen molar-refractivity contribution in [3.05, 3.63) is 59.5 Å². The summed E-state index contributed by atoms with van der Waals surface area (Å²) < 4.78 is 112. The van der Waals surface area contributed by atoms with Crippen LogP contribution in [0, 0.1) is 13.7 Å². The molecular formula is C16H14. The number of aryl methyl sites for hydroxylation is 1. The lowest BCUT2D eigenvalue weighted by molar-refractivity contribution is 1.50. The van der Waals surface area contributed by atoms with E-state index < -0.39 is 94.7 Å². The average molecular weight is 220 g/mol. The molecule has 0 aromatic heterocycles. The first-order chi connectivity index (χ1) is 13.5. The van der Waals surface area contributed by atoms with Crippen LogP contribution in [0.4, 0.5) is 0 Å². The lowest BCUT2D eigenvalue weighted by Gasteiger charge is -2.07. The SMILES string of the molecule is [2H]c1c(C([2H])([2H])[2H])c([2H])c2c(c1[2H])c([2H])c(C([2H])([2H])[2H])c1c([2H])c([2H])c([2H])c([2H])c12. The van der Waals surface area contributed by atoms with Crippen LogP contribution < -0.4 is 0 Å². The largest absolute Gasteiger partial charge is 0.0632 e. The summed E-state index contributed by atoms with van der Waals surface area (Å²) in [7, 11) is 0. The number of hydrogen-bond acceptors (Lipinski definition) is 0. The maximum Gasteiger partial charge on any atom is 0.0632 e. The van der Waals surface area contributed by atoms with Gasteiger partial charge in [0.05, 0.1) is 11.0 Å². The van der Waals surface area contributed by atoms with Crippen LogP contribution in [0.1, 0.15) is 30.3 Å². The van der Waals surface area contributed by atoms with E-state index in [0.717, 1.165) is 0 Å². The lowest BCUT2D eigenvalue weighted by Crippen LogP contribution is -1.83. The van der Waals surface area contributed by atoms with Crippen LogP contribution in [-0.2, 0) is 0 Å². The Labute approximate surface area is 115 Å². The van der Waals surface area contributed by atoms with Gasteiger partial charge in [-0.3, -0.25) is 0 Å². The smallest absolute Gasteiger partial charge is 0.0616 e. The second-order valence-electron chi connectivity index (χ2n) is 3.25. The summed E-state index contributed by atoms with van der Waals surface area (Å²) in [4.78, 5) is 0. The second-order valence-corrected chi connectivity index (χ2v) is 3.25. The highest BCUT2D eigenvalue weighted by Gasteiger charge is 2.02. The minimum atomic E-state index is -3.01. The van der Waals surface area contributed by atoms with Gasteiger partial charge in [0.15, 0.2) is 0 Å². The van der Waals surface area contributed by atoms with E-state index in [4.69, 9.17) is 19.2 Å². The van der Waals surface area contributed by atoms with Crippen molar-refractivity contribution >= 4 is 21.5 Å². The van der Waals surface area contributed by atoms with Crippen LogP contribution in [-0.4, -0.2) is 0 Å². The van der Waals surface area contributed by atoms with Crippen molar-refractivity contribution in [1.29, 1.82) is 0 Å². The van der Waals surface area contributed by atoms with Crippen LogP contribution >= 0.6 is 0 Å². The van der Waals surface area contributed by atoms with Crippen LogP contribution in [0.3, 0.4) is 0 Å². The molecule has 0 aliphatic rings. The predicted molar refractivity (Wildman–Crippen MR) is 70.9 cm³/mol. The Hall–Kier alpha value is -1.82. The van der Waals surface area contributed by atoms with Crippen LogP contribution in [0.2, 0.25) is 0 Å². The van der Waals surface area contributed by atoms with Crippen molar-refractivity contribution in [3.8, 4) is 0 Å². The van der Waals surface area contributed by atoms with Crippen molar-refractivity contribution in [2.45, 2.75) is 13.7 Å². The topological polar surface area (TPSA) is 0 Å². The van der Waals surface area contributed by atoms with Crippen LogP contribution in [0.15, 0.2) is 48.3 Å². The van der Waals surface area contributed by atoms with Gasteiger partial charge in [-0.25, -0.2) is 0 Å². The quantitative estimate of drug-likeness (QED) is 0.485. The Bertz CT molecular complexity index is 1230. The third-order valence-corrected chi connectivity index (χ3v) is 2.25. The Kier molecular flexibility index (Phi) is 0.565. The molecule has 0 aliphatic heterocycles. The van der Waals surface area contributed by atoms with E-state index in [0.29, 0.717) is 0 Å². The molecule has 0 fully saturated rings. The van der Waals surface area contributed by atoms with Gasteiger partial charge in [-0.15, -0.1) is 0 Å². The van der Waals surface area contributed by atoms with Gasteiger partial charge in [0.2, 0.25) is 0 Å². The summed E-state index contributed by atoms with van der Waals surface area (Å²) in [6.07, 6.45) is 0. The molecule has 0 nitrogen and oxygen atoms in total. The summed E-state index contributed by atoms with van der Waals surface area (Å²) >= 11 is 0. The highest BCUT2D eigenvalue weighted by atomic mass is 14.1. The minimum absolute atomic E-state index is 0.456. The van der Waals surface area contributed by atoms with Crippen molar-refractivity contribution in [2.24, 2.45) is 0 Å². The molecule has 3 aromatic carbocycles. The molecule has 0 saturated heterocycles. The average Bonchev–Trinajstić information content (AvgIpc) is 2.59. The van der Waals surface area contributed by atoms with Gasteiger partial charge in [-0.1, -0.05) is 53.9 Å². The maximum absolute atomic E-state index is 8.39. The molecule has 0 atom stereocenters. The summed E-state index contributed by atoms with van der Waals surface area (Å²) in [5.74, 6) is 0. The van der Waals surface area contributed by atoms with E-state index in [9.17, 15) is 0 Å². The molecule has 3 rings (SSSR count). The zero-order valence-corrected chi connectivity index (χ0v) is 8.00. The predicted octanol–water partition coefficient (Wildman–Crippen LogP) is 4.61. The van der Waals surface area contributed by atoms with Gasteiger partial charge in [0, 0.05) is 8.22 Å². The number of rotatable bonds is 0. The summed E-state index contributed by atoms with van der Waals surface area (Å²) in [6.45, 7) is -6.00. The molecule has 0 radical (unpaired) electrons. The molecule has 0 heteroatoms. The third-order valence-electron chi connectivity index (χ3n) is 2.25. The van der Waals surface area contributed by atoms with E-state index >= 15 is 0 Å². The van der Waals surface area contributed by atoms with Crippen LogP contribution in [0.5, 0.6) is 0 Å². The first-order valence-corrected chi connectivity index (χ1v) is 4.50.